The SMILES string of the molecule is C[C@@H](Oc1cc(-c2c(CN)nn(C)c2C#N)cnc1N)c1cc(F)ccc1C(=O)O. The van der Waals surface area contributed by atoms with Crippen LogP contribution in [0.5, 0.6) is 5.75 Å². The van der Waals surface area contributed by atoms with E-state index in [0.29, 0.717) is 22.5 Å². The Morgan fingerprint density at radius 3 is 2.80 bits per heavy atom. The minimum atomic E-state index is -1.21. The number of pyridine rings is 1. The normalized spacial score (nSPS) is 11.7. The minimum absolute atomic E-state index is 0.0515. The molecule has 5 N–H and O–H groups in total. The van der Waals surface area contributed by atoms with Crippen LogP contribution in [-0.2, 0) is 13.6 Å². The molecule has 0 aliphatic carbocycles. The van der Waals surface area contributed by atoms with Gasteiger partial charge in [-0.15, -0.1) is 0 Å². The molecule has 0 aliphatic heterocycles. The summed E-state index contributed by atoms with van der Waals surface area (Å²) in [5.74, 6) is -1.60. The van der Waals surface area contributed by atoms with Crippen molar-refractivity contribution in [3.8, 4) is 22.9 Å². The molecule has 154 valence electrons. The van der Waals surface area contributed by atoms with E-state index in [2.05, 4.69) is 16.2 Å². The molecule has 2 heterocycles. The van der Waals surface area contributed by atoms with Crippen LogP contribution in [0.1, 0.15) is 40.3 Å². The summed E-state index contributed by atoms with van der Waals surface area (Å²) in [6.45, 7) is 1.68. The molecule has 0 aliphatic rings. The largest absolute Gasteiger partial charge is 0.482 e. The van der Waals surface area contributed by atoms with Gasteiger partial charge in [0.25, 0.3) is 0 Å². The highest BCUT2D eigenvalue weighted by Gasteiger charge is 2.21. The highest BCUT2D eigenvalue weighted by atomic mass is 19.1. The fraction of sp³-hybridized carbons (Fsp3) is 0.200. The van der Waals surface area contributed by atoms with Gasteiger partial charge in [-0.25, -0.2) is 14.2 Å². The Labute approximate surface area is 171 Å². The van der Waals surface area contributed by atoms with Gasteiger partial charge in [-0.05, 0) is 31.2 Å². The van der Waals surface area contributed by atoms with Crippen LogP contribution in [0.15, 0.2) is 30.5 Å². The first kappa shape index (κ1) is 20.8. The first-order valence-electron chi connectivity index (χ1n) is 8.88. The first-order chi connectivity index (χ1) is 14.3. The van der Waals surface area contributed by atoms with Gasteiger partial charge in [-0.1, -0.05) is 0 Å². The van der Waals surface area contributed by atoms with E-state index in [0.717, 1.165) is 12.1 Å². The molecule has 0 radical (unpaired) electrons. The van der Waals surface area contributed by atoms with Crippen molar-refractivity contribution in [3.05, 3.63) is 58.8 Å². The number of aromatic nitrogens is 3. The second kappa shape index (κ2) is 8.18. The van der Waals surface area contributed by atoms with Crippen LogP contribution in [0.3, 0.4) is 0 Å². The summed E-state index contributed by atoms with van der Waals surface area (Å²) in [7, 11) is 1.63. The highest BCUT2D eigenvalue weighted by molar-refractivity contribution is 5.89. The minimum Gasteiger partial charge on any atom is -0.482 e. The van der Waals surface area contributed by atoms with Crippen molar-refractivity contribution in [1.29, 1.82) is 5.26 Å². The van der Waals surface area contributed by atoms with Crippen molar-refractivity contribution >= 4 is 11.8 Å². The monoisotopic (exact) mass is 410 g/mol. The Hall–Kier alpha value is -3.97. The Bertz CT molecular complexity index is 1170. The van der Waals surface area contributed by atoms with E-state index in [1.54, 1.807) is 20.0 Å². The van der Waals surface area contributed by atoms with E-state index in [9.17, 15) is 19.6 Å². The summed E-state index contributed by atoms with van der Waals surface area (Å²) < 4.78 is 21.0. The highest BCUT2D eigenvalue weighted by Crippen LogP contribution is 2.34. The number of nitrogens with two attached hydrogens (primary N) is 2. The fourth-order valence-electron chi connectivity index (χ4n) is 3.16. The maximum absolute atomic E-state index is 13.7. The number of aromatic carboxylic acids is 1. The number of rotatable bonds is 6. The molecule has 1 aromatic carbocycles. The third kappa shape index (κ3) is 3.78. The van der Waals surface area contributed by atoms with Crippen LogP contribution in [0.2, 0.25) is 0 Å². The molecule has 30 heavy (non-hydrogen) atoms. The van der Waals surface area contributed by atoms with E-state index in [-0.39, 0.29) is 29.2 Å². The molecule has 1 atom stereocenters. The number of halogens is 1. The zero-order valence-corrected chi connectivity index (χ0v) is 16.3. The molecule has 3 aromatic rings. The Morgan fingerprint density at radius 1 is 1.43 bits per heavy atom. The number of nitriles is 1. The maximum atomic E-state index is 13.7. The van der Waals surface area contributed by atoms with Crippen molar-refractivity contribution in [2.75, 3.05) is 5.73 Å². The van der Waals surface area contributed by atoms with Crippen molar-refractivity contribution < 1.29 is 19.0 Å². The summed E-state index contributed by atoms with van der Waals surface area (Å²) in [6.07, 6.45) is 0.624. The number of ether oxygens (including phenoxy) is 1. The molecule has 0 saturated heterocycles. The zero-order valence-electron chi connectivity index (χ0n) is 16.3. The maximum Gasteiger partial charge on any atom is 0.336 e. The summed E-state index contributed by atoms with van der Waals surface area (Å²) >= 11 is 0. The molecular weight excluding hydrogens is 391 g/mol. The molecule has 2 aromatic heterocycles. The smallest absolute Gasteiger partial charge is 0.336 e. The number of benzene rings is 1. The van der Waals surface area contributed by atoms with Gasteiger partial charge >= 0.3 is 5.97 Å². The molecule has 3 rings (SSSR count). The molecule has 0 bridgehead atoms. The van der Waals surface area contributed by atoms with E-state index in [1.807, 2.05) is 0 Å². The van der Waals surface area contributed by atoms with E-state index < -0.39 is 17.9 Å². The first-order valence-corrected chi connectivity index (χ1v) is 8.88. The second-order valence-electron chi connectivity index (χ2n) is 6.51. The number of aryl methyl sites for hydroxylation is 1. The van der Waals surface area contributed by atoms with Gasteiger partial charge in [0.2, 0.25) is 0 Å². The number of carbonyl (C=O) groups is 1. The van der Waals surface area contributed by atoms with Crippen LogP contribution in [-0.4, -0.2) is 25.8 Å². The molecular formula is C20H19FN6O3. The van der Waals surface area contributed by atoms with E-state index >= 15 is 0 Å². The van der Waals surface area contributed by atoms with Crippen LogP contribution in [0, 0.1) is 17.1 Å². The lowest BCUT2D eigenvalue weighted by molar-refractivity contribution is 0.0691. The predicted octanol–water partition coefficient (Wildman–Crippen LogP) is 2.37. The summed E-state index contributed by atoms with van der Waals surface area (Å²) in [5, 5.41) is 23.1. The average molecular weight is 410 g/mol. The molecule has 0 amide bonds. The van der Waals surface area contributed by atoms with Gasteiger partial charge in [-0.2, -0.15) is 10.4 Å². The van der Waals surface area contributed by atoms with Crippen molar-refractivity contribution in [3.63, 3.8) is 0 Å². The summed E-state index contributed by atoms with van der Waals surface area (Å²) in [4.78, 5) is 15.6. The van der Waals surface area contributed by atoms with Crippen molar-refractivity contribution in [2.24, 2.45) is 12.8 Å². The molecule has 9 nitrogen and oxygen atoms in total. The van der Waals surface area contributed by atoms with Crippen LogP contribution >= 0.6 is 0 Å². The van der Waals surface area contributed by atoms with Gasteiger partial charge in [0.05, 0.1) is 11.3 Å². The number of carboxylic acids is 1. The van der Waals surface area contributed by atoms with Gasteiger partial charge in [0.15, 0.2) is 11.6 Å². The van der Waals surface area contributed by atoms with Crippen molar-refractivity contribution in [1.82, 2.24) is 14.8 Å². The standard InChI is InChI=1S/C20H19FN6O3/c1-10(14-6-12(21)3-4-13(14)20(28)29)30-17-5-11(9-25-19(17)24)18-15(7-22)26-27(2)16(18)8-23/h3-6,9-10H,7,22H2,1-2H3,(H2,24,25)(H,28,29)/t10-/m1/s1. The lowest BCUT2D eigenvalue weighted by atomic mass is 10.0. The van der Waals surface area contributed by atoms with Crippen LogP contribution < -0.4 is 16.2 Å². The van der Waals surface area contributed by atoms with Gasteiger partial charge in [0, 0.05) is 36.5 Å². The predicted molar refractivity (Wildman–Crippen MR) is 106 cm³/mol. The molecule has 10 heteroatoms. The second-order valence-corrected chi connectivity index (χ2v) is 6.51. The van der Waals surface area contributed by atoms with Crippen LogP contribution in [0.25, 0.3) is 11.1 Å². The molecule has 0 spiro atoms. The Kier molecular flexibility index (Phi) is 5.66. The number of hydrogen-bond acceptors (Lipinski definition) is 7. The number of nitrogen functional groups attached to an aromatic ring is 1. The third-order valence-electron chi connectivity index (χ3n) is 4.58. The number of anilines is 1. The van der Waals surface area contributed by atoms with Crippen LogP contribution in [0.4, 0.5) is 10.2 Å². The topological polar surface area (TPSA) is 153 Å². The average Bonchev–Trinajstić information content (AvgIpc) is 3.04. The summed E-state index contributed by atoms with van der Waals surface area (Å²) in [6, 6.07) is 6.99. The van der Waals surface area contributed by atoms with E-state index in [4.69, 9.17) is 16.2 Å². The van der Waals surface area contributed by atoms with E-state index in [1.165, 1.54) is 16.9 Å². The lowest BCUT2D eigenvalue weighted by Crippen LogP contribution is -2.12. The zero-order chi connectivity index (χ0) is 22.0. The number of carboxylic acid groups (broad SMARTS) is 1. The third-order valence-corrected chi connectivity index (χ3v) is 4.58. The number of hydrogen-bond donors (Lipinski definition) is 3. The van der Waals surface area contributed by atoms with Gasteiger partial charge < -0.3 is 21.3 Å². The molecule has 0 saturated carbocycles. The lowest BCUT2D eigenvalue weighted by Gasteiger charge is -2.18. The molecule has 0 unspecified atom stereocenters. The fourth-order valence-corrected chi connectivity index (χ4v) is 3.16. The van der Waals surface area contributed by atoms with Crippen molar-refractivity contribution in [2.45, 2.75) is 19.6 Å². The van der Waals surface area contributed by atoms with Gasteiger partial charge in [0.1, 0.15) is 23.7 Å². The van der Waals surface area contributed by atoms with Gasteiger partial charge in [-0.3, -0.25) is 4.68 Å². The Morgan fingerprint density at radius 2 is 2.17 bits per heavy atom. The number of nitrogens with zero attached hydrogens (tertiary/aromatic N) is 4. The quantitative estimate of drug-likeness (QED) is 0.560. The Balaban J connectivity index is 2.04. The summed E-state index contributed by atoms with van der Waals surface area (Å²) in [5.41, 5.74) is 13.5. The molecule has 0 fully saturated rings.